The summed E-state index contributed by atoms with van der Waals surface area (Å²) in [4.78, 5) is 4.14. The highest BCUT2D eigenvalue weighted by atomic mass is 79.9. The molecule has 17 heavy (non-hydrogen) atoms. The zero-order chi connectivity index (χ0) is 12.4. The van der Waals surface area contributed by atoms with E-state index in [9.17, 15) is 0 Å². The molecule has 1 atom stereocenters. The number of pyridine rings is 1. The molecular weight excluding hydrogens is 280 g/mol. The summed E-state index contributed by atoms with van der Waals surface area (Å²) in [6.07, 6.45) is 5.38. The lowest BCUT2D eigenvalue weighted by molar-refractivity contribution is 0.598. The van der Waals surface area contributed by atoms with E-state index in [1.54, 1.807) is 12.4 Å². The van der Waals surface area contributed by atoms with Gasteiger partial charge < -0.3 is 5.73 Å². The van der Waals surface area contributed by atoms with E-state index in [1.165, 1.54) is 0 Å². The predicted octanol–water partition coefficient (Wildman–Crippen LogP) is 2.42. The van der Waals surface area contributed by atoms with Crippen molar-refractivity contribution in [1.29, 1.82) is 0 Å². The van der Waals surface area contributed by atoms with Gasteiger partial charge in [-0.1, -0.05) is 0 Å². The van der Waals surface area contributed by atoms with Crippen LogP contribution in [0, 0.1) is 6.92 Å². The van der Waals surface area contributed by atoms with Crippen molar-refractivity contribution in [2.75, 3.05) is 0 Å². The van der Waals surface area contributed by atoms with E-state index in [-0.39, 0.29) is 6.04 Å². The topological polar surface area (TPSA) is 56.7 Å². The molecule has 0 spiro atoms. The molecule has 4 nitrogen and oxygen atoms in total. The van der Waals surface area contributed by atoms with Crippen molar-refractivity contribution in [2.45, 2.75) is 26.4 Å². The third kappa shape index (κ3) is 2.25. The molecule has 2 rings (SSSR count). The van der Waals surface area contributed by atoms with Gasteiger partial charge in [0.15, 0.2) is 0 Å². The second-order valence-corrected chi connectivity index (χ2v) is 4.76. The van der Waals surface area contributed by atoms with Crippen molar-refractivity contribution < 1.29 is 0 Å². The Balaban J connectivity index is 2.47. The Morgan fingerprint density at radius 2 is 2.24 bits per heavy atom. The first-order valence-corrected chi connectivity index (χ1v) is 6.31. The Labute approximate surface area is 109 Å². The molecule has 0 aromatic carbocycles. The van der Waals surface area contributed by atoms with Crippen LogP contribution in [-0.2, 0) is 6.54 Å². The van der Waals surface area contributed by atoms with E-state index < -0.39 is 0 Å². The summed E-state index contributed by atoms with van der Waals surface area (Å²) in [6.45, 7) is 4.89. The number of hydrogen-bond donors (Lipinski definition) is 1. The number of rotatable bonds is 3. The number of aromatic nitrogens is 3. The van der Waals surface area contributed by atoms with E-state index in [4.69, 9.17) is 5.73 Å². The average Bonchev–Trinajstić information content (AvgIpc) is 2.70. The Hall–Kier alpha value is -1.20. The Kier molecular flexibility index (Phi) is 3.59. The van der Waals surface area contributed by atoms with Gasteiger partial charge in [-0.05, 0) is 47.0 Å². The highest BCUT2D eigenvalue weighted by molar-refractivity contribution is 9.10. The van der Waals surface area contributed by atoms with Crippen LogP contribution in [0.3, 0.4) is 0 Å². The lowest BCUT2D eigenvalue weighted by Gasteiger charge is -2.16. The molecule has 0 radical (unpaired) electrons. The van der Waals surface area contributed by atoms with E-state index in [0.717, 1.165) is 27.8 Å². The molecule has 90 valence electrons. The molecule has 0 saturated carbocycles. The van der Waals surface area contributed by atoms with Gasteiger partial charge in [0.1, 0.15) is 0 Å². The standard InChI is InChI=1S/C12H15BrN4/c1-3-17-12(10(13)7-16-17)11(14)9-6-15-5-4-8(9)2/h4-7,11H,3,14H2,1-2H3. The number of halogens is 1. The van der Waals surface area contributed by atoms with E-state index >= 15 is 0 Å². The lowest BCUT2D eigenvalue weighted by Crippen LogP contribution is -2.18. The maximum absolute atomic E-state index is 6.31. The summed E-state index contributed by atoms with van der Waals surface area (Å²) in [5.41, 5.74) is 9.47. The third-order valence-electron chi connectivity index (χ3n) is 2.84. The first-order chi connectivity index (χ1) is 8.15. The van der Waals surface area contributed by atoms with Gasteiger partial charge in [0.05, 0.1) is 22.4 Å². The van der Waals surface area contributed by atoms with Crippen LogP contribution >= 0.6 is 15.9 Å². The molecule has 2 heterocycles. The molecule has 0 aliphatic heterocycles. The minimum Gasteiger partial charge on any atom is -0.319 e. The summed E-state index contributed by atoms with van der Waals surface area (Å²) in [7, 11) is 0. The summed E-state index contributed by atoms with van der Waals surface area (Å²) in [5.74, 6) is 0. The van der Waals surface area contributed by atoms with Crippen LogP contribution in [0.15, 0.2) is 29.1 Å². The molecule has 0 amide bonds. The van der Waals surface area contributed by atoms with Crippen molar-refractivity contribution in [1.82, 2.24) is 14.8 Å². The summed E-state index contributed by atoms with van der Waals surface area (Å²) in [6, 6.07) is 1.76. The molecule has 2 aromatic heterocycles. The largest absolute Gasteiger partial charge is 0.319 e. The monoisotopic (exact) mass is 294 g/mol. The zero-order valence-electron chi connectivity index (χ0n) is 9.89. The Bertz CT molecular complexity index is 521. The van der Waals surface area contributed by atoms with Gasteiger partial charge in [-0.25, -0.2) is 0 Å². The smallest absolute Gasteiger partial charge is 0.0752 e. The van der Waals surface area contributed by atoms with Crippen LogP contribution in [0.2, 0.25) is 0 Å². The number of nitrogens with two attached hydrogens (primary N) is 1. The molecule has 0 aliphatic rings. The van der Waals surface area contributed by atoms with Gasteiger partial charge in [0.25, 0.3) is 0 Å². The van der Waals surface area contributed by atoms with Crippen molar-refractivity contribution in [3.05, 3.63) is 46.0 Å². The van der Waals surface area contributed by atoms with Crippen LogP contribution in [-0.4, -0.2) is 14.8 Å². The molecule has 2 aromatic rings. The van der Waals surface area contributed by atoms with Crippen molar-refractivity contribution >= 4 is 15.9 Å². The average molecular weight is 295 g/mol. The molecule has 5 heteroatoms. The fraction of sp³-hybridized carbons (Fsp3) is 0.333. The third-order valence-corrected chi connectivity index (χ3v) is 3.45. The SMILES string of the molecule is CCn1ncc(Br)c1C(N)c1cnccc1C. The first kappa shape index (κ1) is 12.3. The number of nitrogens with zero attached hydrogens (tertiary/aromatic N) is 3. The lowest BCUT2D eigenvalue weighted by atomic mass is 10.0. The number of hydrogen-bond acceptors (Lipinski definition) is 3. The molecular formula is C12H15BrN4. The minimum atomic E-state index is -0.208. The highest BCUT2D eigenvalue weighted by Crippen LogP contribution is 2.27. The summed E-state index contributed by atoms with van der Waals surface area (Å²) < 4.78 is 2.84. The van der Waals surface area contributed by atoms with Gasteiger partial charge in [-0.3, -0.25) is 9.67 Å². The van der Waals surface area contributed by atoms with Crippen LogP contribution in [0.4, 0.5) is 0 Å². The van der Waals surface area contributed by atoms with Gasteiger partial charge >= 0.3 is 0 Å². The second-order valence-electron chi connectivity index (χ2n) is 3.90. The minimum absolute atomic E-state index is 0.208. The Morgan fingerprint density at radius 1 is 1.47 bits per heavy atom. The molecule has 0 saturated heterocycles. The van der Waals surface area contributed by atoms with Crippen molar-refractivity contribution in [3.63, 3.8) is 0 Å². The molecule has 2 N–H and O–H groups in total. The van der Waals surface area contributed by atoms with Crippen LogP contribution in [0.5, 0.6) is 0 Å². The van der Waals surface area contributed by atoms with Gasteiger partial charge in [-0.2, -0.15) is 5.10 Å². The van der Waals surface area contributed by atoms with E-state index in [2.05, 4.69) is 26.0 Å². The van der Waals surface area contributed by atoms with Crippen molar-refractivity contribution in [2.24, 2.45) is 5.73 Å². The highest BCUT2D eigenvalue weighted by Gasteiger charge is 2.19. The normalized spacial score (nSPS) is 12.7. The summed E-state index contributed by atoms with van der Waals surface area (Å²) in [5, 5.41) is 4.28. The summed E-state index contributed by atoms with van der Waals surface area (Å²) >= 11 is 3.50. The van der Waals surface area contributed by atoms with Crippen LogP contribution in [0.1, 0.15) is 29.8 Å². The molecule has 0 bridgehead atoms. The van der Waals surface area contributed by atoms with Gasteiger partial charge in [0, 0.05) is 18.9 Å². The van der Waals surface area contributed by atoms with Gasteiger partial charge in [-0.15, -0.1) is 0 Å². The van der Waals surface area contributed by atoms with E-state index in [0.29, 0.717) is 0 Å². The number of aryl methyl sites for hydroxylation is 2. The fourth-order valence-corrected chi connectivity index (χ4v) is 2.43. The molecule has 0 aliphatic carbocycles. The molecule has 0 fully saturated rings. The maximum atomic E-state index is 6.31. The quantitative estimate of drug-likeness (QED) is 0.946. The molecule has 1 unspecified atom stereocenters. The second kappa shape index (κ2) is 4.98. The Morgan fingerprint density at radius 3 is 2.88 bits per heavy atom. The van der Waals surface area contributed by atoms with E-state index in [1.807, 2.05) is 30.8 Å². The predicted molar refractivity (Wildman–Crippen MR) is 70.6 cm³/mol. The van der Waals surface area contributed by atoms with Crippen LogP contribution < -0.4 is 5.73 Å². The van der Waals surface area contributed by atoms with Crippen LogP contribution in [0.25, 0.3) is 0 Å². The fourth-order valence-electron chi connectivity index (χ4n) is 1.88. The zero-order valence-corrected chi connectivity index (χ0v) is 11.5. The maximum Gasteiger partial charge on any atom is 0.0752 e. The van der Waals surface area contributed by atoms with Crippen molar-refractivity contribution in [3.8, 4) is 0 Å². The first-order valence-electron chi connectivity index (χ1n) is 5.52. The van der Waals surface area contributed by atoms with Gasteiger partial charge in [0.2, 0.25) is 0 Å².